The molecule has 0 saturated heterocycles. The molecule has 0 aliphatic heterocycles. The molecular weight excluding hydrogens is 261 g/mol. The molecule has 1 aliphatic rings. The molecule has 21 heavy (non-hydrogen) atoms. The molecule has 1 unspecified atom stereocenters. The Morgan fingerprint density at radius 1 is 1.00 bits per heavy atom. The summed E-state index contributed by atoms with van der Waals surface area (Å²) < 4.78 is 13.6. The second-order valence-electron chi connectivity index (χ2n) is 6.35. The average molecular weight is 283 g/mol. The van der Waals surface area contributed by atoms with E-state index in [1.54, 1.807) is 12.1 Å². The van der Waals surface area contributed by atoms with E-state index in [1.807, 2.05) is 13.8 Å². The fourth-order valence-electron chi connectivity index (χ4n) is 3.37. The maximum atomic E-state index is 13.6. The van der Waals surface area contributed by atoms with Gasteiger partial charge in [-0.25, -0.2) is 4.39 Å². The summed E-state index contributed by atoms with van der Waals surface area (Å²) in [6, 6.07) is 11.4. The molecule has 0 bridgehead atoms. The van der Waals surface area contributed by atoms with Crippen molar-refractivity contribution in [3.05, 3.63) is 70.0 Å². The number of nitrogens with two attached hydrogens (primary N) is 1. The fourth-order valence-corrected chi connectivity index (χ4v) is 3.37. The van der Waals surface area contributed by atoms with Crippen LogP contribution in [0, 0.1) is 12.7 Å². The number of hydrogen-bond acceptors (Lipinski definition) is 1. The van der Waals surface area contributed by atoms with Gasteiger partial charge in [0, 0.05) is 0 Å². The van der Waals surface area contributed by atoms with Crippen molar-refractivity contribution in [2.45, 2.75) is 45.1 Å². The molecule has 2 aromatic carbocycles. The lowest BCUT2D eigenvalue weighted by atomic mass is 9.80. The Bertz CT molecular complexity index is 673. The minimum Gasteiger partial charge on any atom is -0.318 e. The van der Waals surface area contributed by atoms with Crippen molar-refractivity contribution in [3.8, 4) is 0 Å². The van der Waals surface area contributed by atoms with Gasteiger partial charge in [-0.05, 0) is 79.5 Å². The van der Waals surface area contributed by atoms with Crippen LogP contribution in [0.1, 0.15) is 47.6 Å². The van der Waals surface area contributed by atoms with Gasteiger partial charge in [0.2, 0.25) is 0 Å². The topological polar surface area (TPSA) is 26.0 Å². The highest BCUT2D eigenvalue weighted by Gasteiger charge is 2.27. The molecule has 2 aromatic rings. The monoisotopic (exact) mass is 283 g/mol. The molecule has 0 amide bonds. The van der Waals surface area contributed by atoms with E-state index < -0.39 is 5.54 Å². The molecule has 2 heteroatoms. The van der Waals surface area contributed by atoms with Gasteiger partial charge in [-0.15, -0.1) is 0 Å². The number of hydrogen-bond donors (Lipinski definition) is 1. The summed E-state index contributed by atoms with van der Waals surface area (Å²) >= 11 is 0. The van der Waals surface area contributed by atoms with E-state index in [1.165, 1.54) is 30.0 Å². The van der Waals surface area contributed by atoms with E-state index in [2.05, 4.69) is 18.2 Å². The molecule has 0 aromatic heterocycles. The van der Waals surface area contributed by atoms with Crippen LogP contribution in [0.5, 0.6) is 0 Å². The summed E-state index contributed by atoms with van der Waals surface area (Å²) in [5, 5.41) is 0. The number of benzene rings is 2. The second kappa shape index (κ2) is 5.27. The first kappa shape index (κ1) is 14.3. The summed E-state index contributed by atoms with van der Waals surface area (Å²) in [7, 11) is 0. The van der Waals surface area contributed by atoms with Crippen LogP contribution in [0.3, 0.4) is 0 Å². The lowest BCUT2D eigenvalue weighted by Crippen LogP contribution is -2.35. The van der Waals surface area contributed by atoms with E-state index >= 15 is 0 Å². The third-order valence-electron chi connectivity index (χ3n) is 4.71. The number of fused-ring (bicyclic) bond motifs is 1. The van der Waals surface area contributed by atoms with Crippen molar-refractivity contribution in [3.63, 3.8) is 0 Å². The van der Waals surface area contributed by atoms with E-state index in [0.29, 0.717) is 0 Å². The molecule has 0 fully saturated rings. The maximum Gasteiger partial charge on any atom is 0.123 e. The predicted molar refractivity (Wildman–Crippen MR) is 84.9 cm³/mol. The summed E-state index contributed by atoms with van der Waals surface area (Å²) in [5.41, 5.74) is 11.7. The Morgan fingerprint density at radius 2 is 1.71 bits per heavy atom. The number of halogens is 1. The van der Waals surface area contributed by atoms with Crippen LogP contribution in [0.15, 0.2) is 36.4 Å². The first-order valence-corrected chi connectivity index (χ1v) is 7.66. The van der Waals surface area contributed by atoms with Gasteiger partial charge in [-0.1, -0.05) is 24.3 Å². The highest BCUT2D eigenvalue weighted by molar-refractivity contribution is 5.45. The van der Waals surface area contributed by atoms with Crippen molar-refractivity contribution < 1.29 is 4.39 Å². The zero-order valence-corrected chi connectivity index (χ0v) is 12.7. The lowest BCUT2D eigenvalue weighted by Gasteiger charge is -2.29. The van der Waals surface area contributed by atoms with E-state index in [9.17, 15) is 4.39 Å². The molecule has 1 aliphatic carbocycles. The molecule has 0 spiro atoms. The summed E-state index contributed by atoms with van der Waals surface area (Å²) in [6.07, 6.45) is 4.81. The highest BCUT2D eigenvalue weighted by Crippen LogP contribution is 2.32. The Morgan fingerprint density at radius 3 is 2.48 bits per heavy atom. The first-order chi connectivity index (χ1) is 9.98. The molecule has 0 radical (unpaired) electrons. The van der Waals surface area contributed by atoms with Gasteiger partial charge in [0.1, 0.15) is 5.82 Å². The number of aryl methyl sites for hydroxylation is 3. The molecule has 0 heterocycles. The molecule has 0 saturated carbocycles. The van der Waals surface area contributed by atoms with Crippen LogP contribution in [0.4, 0.5) is 4.39 Å². The standard InChI is InChI=1S/C19H22FN/c1-13-7-10-17(20)12-18(13)19(2,21)16-9-8-14-5-3-4-6-15(14)11-16/h7-12H,3-6,21H2,1-2H3. The van der Waals surface area contributed by atoms with E-state index in [-0.39, 0.29) is 5.82 Å². The largest absolute Gasteiger partial charge is 0.318 e. The SMILES string of the molecule is Cc1ccc(F)cc1C(C)(N)c1ccc2c(c1)CCCC2. The third kappa shape index (κ3) is 2.60. The first-order valence-electron chi connectivity index (χ1n) is 7.66. The zero-order valence-electron chi connectivity index (χ0n) is 12.7. The fraction of sp³-hybridized carbons (Fsp3) is 0.368. The molecule has 1 atom stereocenters. The minimum absolute atomic E-state index is 0.231. The average Bonchev–Trinajstić information content (AvgIpc) is 2.49. The summed E-state index contributed by atoms with van der Waals surface area (Å²) in [4.78, 5) is 0. The zero-order chi connectivity index (χ0) is 15.0. The van der Waals surface area contributed by atoms with Crippen LogP contribution < -0.4 is 5.73 Å². The van der Waals surface area contributed by atoms with Crippen LogP contribution in [-0.4, -0.2) is 0 Å². The smallest absolute Gasteiger partial charge is 0.123 e. The molecule has 3 rings (SSSR count). The van der Waals surface area contributed by atoms with Crippen molar-refractivity contribution in [2.24, 2.45) is 5.73 Å². The van der Waals surface area contributed by atoms with Gasteiger partial charge in [-0.2, -0.15) is 0 Å². The van der Waals surface area contributed by atoms with Gasteiger partial charge in [0.05, 0.1) is 5.54 Å². The lowest BCUT2D eigenvalue weighted by molar-refractivity contribution is 0.575. The van der Waals surface area contributed by atoms with Gasteiger partial charge < -0.3 is 5.73 Å². The molecule has 1 nitrogen and oxygen atoms in total. The summed E-state index contributed by atoms with van der Waals surface area (Å²) in [5.74, 6) is -0.231. The van der Waals surface area contributed by atoms with Crippen LogP contribution in [0.2, 0.25) is 0 Å². The molecule has 2 N–H and O–H groups in total. The quantitative estimate of drug-likeness (QED) is 0.876. The van der Waals surface area contributed by atoms with Gasteiger partial charge in [0.15, 0.2) is 0 Å². The Balaban J connectivity index is 2.07. The third-order valence-corrected chi connectivity index (χ3v) is 4.71. The van der Waals surface area contributed by atoms with E-state index in [4.69, 9.17) is 5.73 Å². The Hall–Kier alpha value is -1.67. The number of rotatable bonds is 2. The minimum atomic E-state index is -0.668. The van der Waals surface area contributed by atoms with Crippen molar-refractivity contribution in [1.29, 1.82) is 0 Å². The van der Waals surface area contributed by atoms with Crippen molar-refractivity contribution in [1.82, 2.24) is 0 Å². The maximum absolute atomic E-state index is 13.6. The highest BCUT2D eigenvalue weighted by atomic mass is 19.1. The van der Waals surface area contributed by atoms with Crippen LogP contribution in [0.25, 0.3) is 0 Å². The van der Waals surface area contributed by atoms with Crippen LogP contribution in [-0.2, 0) is 18.4 Å². The van der Waals surface area contributed by atoms with Gasteiger partial charge in [0.25, 0.3) is 0 Å². The Labute approximate surface area is 126 Å². The summed E-state index contributed by atoms with van der Waals surface area (Å²) in [6.45, 7) is 3.96. The van der Waals surface area contributed by atoms with Crippen molar-refractivity contribution in [2.75, 3.05) is 0 Å². The van der Waals surface area contributed by atoms with Gasteiger partial charge in [-0.3, -0.25) is 0 Å². The van der Waals surface area contributed by atoms with Crippen LogP contribution >= 0.6 is 0 Å². The molecular formula is C19H22FN. The van der Waals surface area contributed by atoms with E-state index in [0.717, 1.165) is 29.5 Å². The second-order valence-corrected chi connectivity index (χ2v) is 6.35. The predicted octanol–water partition coefficient (Wildman–Crippen LogP) is 4.24. The molecule has 110 valence electrons. The van der Waals surface area contributed by atoms with Crippen molar-refractivity contribution >= 4 is 0 Å². The van der Waals surface area contributed by atoms with Gasteiger partial charge >= 0.3 is 0 Å². The Kier molecular flexibility index (Phi) is 3.58. The normalized spacial score (nSPS) is 17.1.